The van der Waals surface area contributed by atoms with Crippen LogP contribution in [0.3, 0.4) is 0 Å². The topological polar surface area (TPSA) is 83.8 Å². The quantitative estimate of drug-likeness (QED) is 0.631. The van der Waals surface area contributed by atoms with E-state index in [4.69, 9.17) is 14.9 Å². The van der Waals surface area contributed by atoms with Gasteiger partial charge in [-0.2, -0.15) is 0 Å². The number of carboxylic acids is 2. The predicted octanol–water partition coefficient (Wildman–Crippen LogP) is -0.0508. The maximum absolute atomic E-state index is 10.8. The van der Waals surface area contributed by atoms with Gasteiger partial charge in [0.05, 0.1) is 24.0 Å². The predicted molar refractivity (Wildman–Crippen MR) is 40.1 cm³/mol. The lowest BCUT2D eigenvalue weighted by atomic mass is 9.79. The second kappa shape index (κ2) is 2.70. The molecule has 13 heavy (non-hydrogen) atoms. The van der Waals surface area contributed by atoms with Crippen molar-refractivity contribution >= 4 is 11.9 Å². The maximum atomic E-state index is 10.8. The van der Waals surface area contributed by atoms with Crippen LogP contribution in [0.25, 0.3) is 0 Å². The minimum Gasteiger partial charge on any atom is -0.481 e. The molecule has 0 saturated carbocycles. The van der Waals surface area contributed by atoms with E-state index in [1.807, 2.05) is 0 Å². The Bertz CT molecular complexity index is 235. The number of carbonyl (C=O) groups is 2. The highest BCUT2D eigenvalue weighted by Crippen LogP contribution is 2.43. The Morgan fingerprint density at radius 1 is 1.00 bits per heavy atom. The highest BCUT2D eigenvalue weighted by Gasteiger charge is 2.55. The normalized spacial score (nSPS) is 42.2. The Balaban J connectivity index is 2.24. The first-order valence-corrected chi connectivity index (χ1v) is 4.22. The molecule has 0 aromatic rings. The van der Waals surface area contributed by atoms with Crippen LogP contribution in [0.4, 0.5) is 0 Å². The molecule has 2 bridgehead atoms. The number of aliphatic carboxylic acids is 2. The van der Waals surface area contributed by atoms with Gasteiger partial charge in [0.2, 0.25) is 0 Å². The van der Waals surface area contributed by atoms with E-state index in [1.54, 1.807) is 0 Å². The van der Waals surface area contributed by atoms with Crippen molar-refractivity contribution in [2.45, 2.75) is 25.0 Å². The van der Waals surface area contributed by atoms with Gasteiger partial charge in [0.1, 0.15) is 0 Å². The number of hydrogen-bond acceptors (Lipinski definition) is 3. The van der Waals surface area contributed by atoms with Gasteiger partial charge in [-0.25, -0.2) is 0 Å². The minimum atomic E-state index is -1.06. The number of hydrogen-bond donors (Lipinski definition) is 2. The smallest absolute Gasteiger partial charge is 0.310 e. The van der Waals surface area contributed by atoms with Crippen molar-refractivity contribution in [1.29, 1.82) is 0 Å². The molecule has 72 valence electrons. The zero-order valence-corrected chi connectivity index (χ0v) is 6.84. The van der Waals surface area contributed by atoms with Crippen LogP contribution in [0.2, 0.25) is 0 Å². The zero-order chi connectivity index (χ0) is 9.59. The summed E-state index contributed by atoms with van der Waals surface area (Å²) in [5, 5.41) is 17.6. The molecule has 5 heteroatoms. The van der Waals surface area contributed by atoms with Gasteiger partial charge >= 0.3 is 11.9 Å². The van der Waals surface area contributed by atoms with Gasteiger partial charge in [-0.1, -0.05) is 0 Å². The summed E-state index contributed by atoms with van der Waals surface area (Å²) in [6.07, 6.45) is 0.573. The van der Waals surface area contributed by atoms with Crippen LogP contribution >= 0.6 is 0 Å². The van der Waals surface area contributed by atoms with Crippen molar-refractivity contribution in [2.75, 3.05) is 0 Å². The number of ether oxygens (including phenoxy) is 1. The lowest BCUT2D eigenvalue weighted by molar-refractivity contribution is -0.154. The monoisotopic (exact) mass is 186 g/mol. The summed E-state index contributed by atoms with van der Waals surface area (Å²) in [7, 11) is 0. The minimum absolute atomic E-state index is 0.386. The van der Waals surface area contributed by atoms with Gasteiger partial charge in [0.15, 0.2) is 0 Å². The fraction of sp³-hybridized carbons (Fsp3) is 0.750. The van der Waals surface area contributed by atoms with E-state index in [-0.39, 0.29) is 12.2 Å². The summed E-state index contributed by atoms with van der Waals surface area (Å²) < 4.78 is 5.26. The maximum Gasteiger partial charge on any atom is 0.310 e. The van der Waals surface area contributed by atoms with Crippen molar-refractivity contribution < 1.29 is 24.5 Å². The van der Waals surface area contributed by atoms with Gasteiger partial charge in [-0.05, 0) is 12.8 Å². The van der Waals surface area contributed by atoms with Crippen LogP contribution in [0.15, 0.2) is 0 Å². The molecule has 5 nitrogen and oxygen atoms in total. The van der Waals surface area contributed by atoms with Crippen LogP contribution in [-0.4, -0.2) is 34.4 Å². The third-order valence-electron chi connectivity index (χ3n) is 2.84. The Hall–Kier alpha value is -1.10. The molecule has 2 aliphatic heterocycles. The molecule has 0 aliphatic carbocycles. The van der Waals surface area contributed by atoms with E-state index in [0.717, 1.165) is 0 Å². The van der Waals surface area contributed by atoms with Crippen molar-refractivity contribution in [3.8, 4) is 0 Å². The van der Waals surface area contributed by atoms with Gasteiger partial charge in [-0.3, -0.25) is 9.59 Å². The molecule has 4 atom stereocenters. The average Bonchev–Trinajstić information content (AvgIpc) is 2.60. The van der Waals surface area contributed by atoms with Crippen molar-refractivity contribution in [1.82, 2.24) is 0 Å². The van der Waals surface area contributed by atoms with Crippen molar-refractivity contribution in [3.05, 3.63) is 0 Å². The van der Waals surface area contributed by atoms with Gasteiger partial charge in [0, 0.05) is 0 Å². The first kappa shape index (κ1) is 8.50. The molecule has 2 rings (SSSR count). The summed E-state index contributed by atoms with van der Waals surface area (Å²) in [5.74, 6) is -3.81. The summed E-state index contributed by atoms with van der Waals surface area (Å²) in [4.78, 5) is 21.5. The third kappa shape index (κ3) is 1.11. The molecule has 2 aliphatic rings. The molecule has 2 fully saturated rings. The van der Waals surface area contributed by atoms with Crippen LogP contribution in [0, 0.1) is 11.8 Å². The highest BCUT2D eigenvalue weighted by atomic mass is 16.5. The molecule has 0 spiro atoms. The fourth-order valence-corrected chi connectivity index (χ4v) is 2.31. The molecule has 2 saturated heterocycles. The van der Waals surface area contributed by atoms with Crippen LogP contribution < -0.4 is 0 Å². The lowest BCUT2D eigenvalue weighted by Gasteiger charge is -2.20. The number of rotatable bonds is 2. The summed E-state index contributed by atoms with van der Waals surface area (Å²) in [6.45, 7) is 0. The van der Waals surface area contributed by atoms with E-state index in [9.17, 15) is 9.59 Å². The molecule has 0 aromatic carbocycles. The van der Waals surface area contributed by atoms with E-state index in [1.165, 1.54) is 0 Å². The Morgan fingerprint density at radius 3 is 1.69 bits per heavy atom. The number of carboxylic acid groups (broad SMARTS) is 2. The summed E-state index contributed by atoms with van der Waals surface area (Å²) in [5.41, 5.74) is 0. The van der Waals surface area contributed by atoms with Crippen molar-refractivity contribution in [2.24, 2.45) is 11.8 Å². The Kier molecular flexibility index (Phi) is 1.76. The van der Waals surface area contributed by atoms with Crippen molar-refractivity contribution in [3.63, 3.8) is 0 Å². The largest absolute Gasteiger partial charge is 0.481 e. The number of fused-ring (bicyclic) bond motifs is 2. The molecule has 0 aromatic heterocycles. The van der Waals surface area contributed by atoms with Gasteiger partial charge in [-0.15, -0.1) is 0 Å². The molecule has 0 amide bonds. The summed E-state index contributed by atoms with van der Waals surface area (Å²) >= 11 is 0. The van der Waals surface area contributed by atoms with E-state index < -0.39 is 23.8 Å². The molecule has 2 heterocycles. The van der Waals surface area contributed by atoms with Crippen LogP contribution in [0.5, 0.6) is 0 Å². The first-order valence-electron chi connectivity index (χ1n) is 4.22. The third-order valence-corrected chi connectivity index (χ3v) is 2.84. The van der Waals surface area contributed by atoms with Gasteiger partial charge in [0.25, 0.3) is 0 Å². The molecule has 2 N–H and O–H groups in total. The summed E-state index contributed by atoms with van der Waals surface area (Å²) in [6, 6.07) is 0. The second-order valence-corrected chi connectivity index (χ2v) is 3.52. The zero-order valence-electron chi connectivity index (χ0n) is 6.84. The van der Waals surface area contributed by atoms with Crippen LogP contribution in [-0.2, 0) is 14.3 Å². The Morgan fingerprint density at radius 2 is 1.38 bits per heavy atom. The molecular weight excluding hydrogens is 176 g/mol. The first-order chi connectivity index (χ1) is 6.11. The Labute approximate surface area is 74.3 Å². The highest BCUT2D eigenvalue weighted by molar-refractivity contribution is 5.82. The molecular formula is C8H10O5. The van der Waals surface area contributed by atoms with Crippen LogP contribution in [0.1, 0.15) is 12.8 Å². The molecule has 0 radical (unpaired) electrons. The van der Waals surface area contributed by atoms with Gasteiger partial charge < -0.3 is 14.9 Å². The fourth-order valence-electron chi connectivity index (χ4n) is 2.31. The van der Waals surface area contributed by atoms with E-state index >= 15 is 0 Å². The van der Waals surface area contributed by atoms with E-state index in [0.29, 0.717) is 12.8 Å². The standard InChI is InChI=1S/C8H10O5/c9-7(10)5-3-1-2-4(13-3)6(5)8(11)12/h3-6H,1-2H2,(H,9,10)(H,11,12)/t3-,4+,5?,6?. The lowest BCUT2D eigenvalue weighted by Crippen LogP contribution is -2.38. The average molecular weight is 186 g/mol. The second-order valence-electron chi connectivity index (χ2n) is 3.52. The van der Waals surface area contributed by atoms with E-state index in [2.05, 4.69) is 0 Å². The SMILES string of the molecule is O=C(O)C1C(C(=O)O)[C@H]2CC[C@@H]1O2. The molecule has 2 unspecified atom stereocenters.